The molecule has 1 saturated heterocycles. The lowest BCUT2D eigenvalue weighted by Gasteiger charge is -2.37. The van der Waals surface area contributed by atoms with E-state index >= 15 is 0 Å². The van der Waals surface area contributed by atoms with Crippen molar-refractivity contribution in [3.05, 3.63) is 41.1 Å². The van der Waals surface area contributed by atoms with Crippen molar-refractivity contribution in [2.45, 2.75) is 47.0 Å². The molecule has 29 heavy (non-hydrogen) atoms. The molecule has 1 aliphatic carbocycles. The highest BCUT2D eigenvalue weighted by Crippen LogP contribution is 2.39. The Morgan fingerprint density at radius 2 is 1.69 bits per heavy atom. The van der Waals surface area contributed by atoms with Crippen LogP contribution >= 0.6 is 0 Å². The van der Waals surface area contributed by atoms with Crippen molar-refractivity contribution in [2.24, 2.45) is 11.3 Å². The first-order valence-corrected chi connectivity index (χ1v) is 10.7. The number of para-hydroxylation sites is 1. The van der Waals surface area contributed by atoms with E-state index in [2.05, 4.69) is 20.8 Å². The van der Waals surface area contributed by atoms with Crippen molar-refractivity contribution >= 4 is 22.7 Å². The summed E-state index contributed by atoms with van der Waals surface area (Å²) in [5, 5.41) is 0.958. The molecule has 0 N–H and O–H groups in total. The maximum Gasteiger partial charge on any atom is 0.255 e. The maximum absolute atomic E-state index is 13.7. The highest BCUT2D eigenvalue weighted by atomic mass is 16.2. The lowest BCUT2D eigenvalue weighted by atomic mass is 9.70. The molecule has 1 unspecified atom stereocenters. The smallest absolute Gasteiger partial charge is 0.255 e. The second-order valence-electron chi connectivity index (χ2n) is 9.53. The van der Waals surface area contributed by atoms with Gasteiger partial charge >= 0.3 is 0 Å². The van der Waals surface area contributed by atoms with Crippen LogP contribution in [0.25, 0.3) is 10.9 Å². The third-order valence-electron chi connectivity index (χ3n) is 6.71. The van der Waals surface area contributed by atoms with Crippen LogP contribution in [0.2, 0.25) is 0 Å². The number of hydrogen-bond acceptors (Lipinski definition) is 3. The third-order valence-corrected chi connectivity index (χ3v) is 6.71. The van der Waals surface area contributed by atoms with Crippen LogP contribution in [0, 0.1) is 11.3 Å². The fourth-order valence-corrected chi connectivity index (χ4v) is 4.75. The summed E-state index contributed by atoms with van der Waals surface area (Å²) < 4.78 is 0. The zero-order chi connectivity index (χ0) is 20.8. The quantitative estimate of drug-likeness (QED) is 0.742. The summed E-state index contributed by atoms with van der Waals surface area (Å²) in [6, 6.07) is 8.02. The highest BCUT2D eigenvalue weighted by Gasteiger charge is 2.34. The summed E-state index contributed by atoms with van der Waals surface area (Å²) in [5.74, 6) is 0.716. The summed E-state index contributed by atoms with van der Waals surface area (Å²) in [5.41, 5.74) is 4.20. The number of benzene rings is 1. The molecule has 1 fully saturated rings. The second kappa shape index (κ2) is 7.43. The summed E-state index contributed by atoms with van der Waals surface area (Å²) in [4.78, 5) is 34.0. The van der Waals surface area contributed by atoms with Crippen LogP contribution in [0.5, 0.6) is 0 Å². The number of amides is 2. The zero-order valence-electron chi connectivity index (χ0n) is 18.0. The number of carbonyl (C=O) groups is 2. The van der Waals surface area contributed by atoms with Gasteiger partial charge in [0, 0.05) is 44.2 Å². The topological polar surface area (TPSA) is 53.5 Å². The van der Waals surface area contributed by atoms with E-state index in [0.717, 1.165) is 47.0 Å². The molecule has 0 bridgehead atoms. The summed E-state index contributed by atoms with van der Waals surface area (Å²) >= 11 is 0. The molecule has 1 atom stereocenters. The first-order valence-electron chi connectivity index (χ1n) is 10.7. The van der Waals surface area contributed by atoms with Crippen LogP contribution in [0.3, 0.4) is 0 Å². The number of pyridine rings is 1. The minimum absolute atomic E-state index is 0.0804. The van der Waals surface area contributed by atoms with Crippen LogP contribution in [0.4, 0.5) is 0 Å². The van der Waals surface area contributed by atoms with Gasteiger partial charge in [-0.1, -0.05) is 39.0 Å². The molecular formula is C24H31N3O2. The number of fused-ring (bicyclic) bond motifs is 2. The molecule has 154 valence electrons. The number of piperazine rings is 1. The molecular weight excluding hydrogens is 362 g/mol. The van der Waals surface area contributed by atoms with Crippen LogP contribution in [0.1, 0.15) is 55.7 Å². The van der Waals surface area contributed by atoms with E-state index in [1.165, 1.54) is 0 Å². The van der Waals surface area contributed by atoms with Gasteiger partial charge in [0.1, 0.15) is 0 Å². The maximum atomic E-state index is 13.7. The largest absolute Gasteiger partial charge is 0.339 e. The third kappa shape index (κ3) is 3.75. The predicted octanol–water partition coefficient (Wildman–Crippen LogP) is 3.69. The van der Waals surface area contributed by atoms with Crippen molar-refractivity contribution in [1.29, 1.82) is 0 Å². The lowest BCUT2D eigenvalue weighted by Crippen LogP contribution is -2.50. The molecule has 2 amide bonds. The molecule has 0 radical (unpaired) electrons. The molecule has 1 aliphatic heterocycles. The lowest BCUT2D eigenvalue weighted by molar-refractivity contribution is -0.130. The van der Waals surface area contributed by atoms with Gasteiger partial charge in [0.15, 0.2) is 0 Å². The molecule has 4 rings (SSSR count). The Labute approximate surface area is 173 Å². The van der Waals surface area contributed by atoms with Crippen molar-refractivity contribution in [2.75, 3.05) is 26.2 Å². The van der Waals surface area contributed by atoms with Gasteiger partial charge in [-0.25, -0.2) is 0 Å². The first-order chi connectivity index (χ1) is 13.8. The Morgan fingerprint density at radius 1 is 1.03 bits per heavy atom. The molecule has 2 aromatic rings. The van der Waals surface area contributed by atoms with Crippen molar-refractivity contribution in [1.82, 2.24) is 14.8 Å². The van der Waals surface area contributed by atoms with Crippen molar-refractivity contribution in [3.63, 3.8) is 0 Å². The number of rotatable bonds is 1. The van der Waals surface area contributed by atoms with Gasteiger partial charge in [0.05, 0.1) is 11.1 Å². The number of carbonyl (C=O) groups excluding carboxylic acids is 2. The van der Waals surface area contributed by atoms with Gasteiger partial charge in [-0.2, -0.15) is 0 Å². The zero-order valence-corrected chi connectivity index (χ0v) is 18.0. The standard InChI is InChI=1S/C24H31N3O2/c1-16(28)26-11-13-27(14-12-26)23(29)22-18-7-5-6-8-20(18)25-21-10-9-17(15-19(21)22)24(2,3)4/h5-8,17H,9-15H2,1-4H3. The van der Waals surface area contributed by atoms with Crippen molar-refractivity contribution in [3.8, 4) is 0 Å². The van der Waals surface area contributed by atoms with E-state index in [-0.39, 0.29) is 17.2 Å². The number of hydrogen-bond donors (Lipinski definition) is 0. The molecule has 1 aromatic heterocycles. The van der Waals surface area contributed by atoms with Crippen LogP contribution in [-0.4, -0.2) is 52.8 Å². The molecule has 1 aromatic carbocycles. The number of nitrogens with zero attached hydrogens (tertiary/aromatic N) is 3. The Morgan fingerprint density at radius 3 is 2.34 bits per heavy atom. The molecule has 2 heterocycles. The predicted molar refractivity (Wildman–Crippen MR) is 115 cm³/mol. The Balaban J connectivity index is 1.75. The fraction of sp³-hybridized carbons (Fsp3) is 0.542. The summed E-state index contributed by atoms with van der Waals surface area (Å²) in [6.07, 6.45) is 2.96. The monoisotopic (exact) mass is 393 g/mol. The van der Waals surface area contributed by atoms with Gasteiger partial charge < -0.3 is 9.80 Å². The molecule has 0 saturated carbocycles. The normalized spacial score (nSPS) is 19.9. The van der Waals surface area contributed by atoms with Crippen molar-refractivity contribution < 1.29 is 9.59 Å². The van der Waals surface area contributed by atoms with Crippen LogP contribution in [0.15, 0.2) is 24.3 Å². The summed E-state index contributed by atoms with van der Waals surface area (Å²) in [6.45, 7) is 10.9. The van der Waals surface area contributed by atoms with Gasteiger partial charge in [0.25, 0.3) is 5.91 Å². The molecule has 0 spiro atoms. The number of aromatic nitrogens is 1. The van der Waals surface area contributed by atoms with Gasteiger partial charge in [-0.15, -0.1) is 0 Å². The highest BCUT2D eigenvalue weighted by molar-refractivity contribution is 6.07. The molecule has 2 aliphatic rings. The van der Waals surface area contributed by atoms with Crippen LogP contribution in [-0.2, 0) is 17.6 Å². The molecule has 5 nitrogen and oxygen atoms in total. The van der Waals surface area contributed by atoms with Gasteiger partial charge in [-0.3, -0.25) is 14.6 Å². The van der Waals surface area contributed by atoms with Gasteiger partial charge in [0.2, 0.25) is 5.91 Å². The average Bonchev–Trinajstić information content (AvgIpc) is 2.70. The Kier molecular flexibility index (Phi) is 5.09. The van der Waals surface area contributed by atoms with Crippen LogP contribution < -0.4 is 0 Å². The van der Waals surface area contributed by atoms with E-state index < -0.39 is 0 Å². The minimum atomic E-state index is 0.0804. The molecule has 5 heteroatoms. The Bertz CT molecular complexity index is 952. The van der Waals surface area contributed by atoms with E-state index in [0.29, 0.717) is 32.1 Å². The Hall–Kier alpha value is -2.43. The first kappa shape index (κ1) is 19.9. The second-order valence-corrected chi connectivity index (χ2v) is 9.53. The van der Waals surface area contributed by atoms with E-state index in [1.807, 2.05) is 34.1 Å². The van der Waals surface area contributed by atoms with E-state index in [4.69, 9.17) is 4.98 Å². The van der Waals surface area contributed by atoms with Gasteiger partial charge in [-0.05, 0) is 42.2 Å². The number of aryl methyl sites for hydroxylation is 1. The minimum Gasteiger partial charge on any atom is -0.339 e. The average molecular weight is 394 g/mol. The fourth-order valence-electron chi connectivity index (χ4n) is 4.75. The summed E-state index contributed by atoms with van der Waals surface area (Å²) in [7, 11) is 0. The van der Waals surface area contributed by atoms with E-state index in [1.54, 1.807) is 6.92 Å². The SMILES string of the molecule is CC(=O)N1CCN(C(=O)c2c3c(nc4ccccc24)CCC(C(C)(C)C)C3)CC1. The van der Waals surface area contributed by atoms with E-state index in [9.17, 15) is 9.59 Å².